The molecule has 0 bridgehead atoms. The number of hydrogen-bond acceptors (Lipinski definition) is 3. The van der Waals surface area contributed by atoms with Gasteiger partial charge >= 0.3 is 6.09 Å². The summed E-state index contributed by atoms with van der Waals surface area (Å²) >= 11 is 0. The standard InChI is InChI=1S/C21H24FN3O2/c1-11-12(2)24-19-14(10-23)9-16(22)18(17(11)19)13-6-7-15(8-13)25-20(26)27-21(3,4)5/h6,9,15,24H,7-8H2,1-5H3,(H,25,26)/p+1. The SMILES string of the molecule is Cc1[nH]c2c(C#N)cc(F)c(C3=CCC([NH2+]C(=O)OC(C)(C)C)C3)c2c1C. The molecule has 1 aromatic carbocycles. The summed E-state index contributed by atoms with van der Waals surface area (Å²) in [6.07, 6.45) is 2.87. The zero-order valence-electron chi connectivity index (χ0n) is 16.4. The predicted molar refractivity (Wildman–Crippen MR) is 102 cm³/mol. The van der Waals surface area contributed by atoms with E-state index in [0.717, 1.165) is 22.2 Å². The lowest BCUT2D eigenvalue weighted by molar-refractivity contribution is -0.607. The van der Waals surface area contributed by atoms with Crippen molar-refractivity contribution in [2.75, 3.05) is 0 Å². The Morgan fingerprint density at radius 2 is 2.11 bits per heavy atom. The van der Waals surface area contributed by atoms with Crippen LogP contribution in [-0.2, 0) is 4.74 Å². The van der Waals surface area contributed by atoms with Gasteiger partial charge < -0.3 is 9.72 Å². The Bertz CT molecular complexity index is 990. The van der Waals surface area contributed by atoms with Crippen LogP contribution in [0.5, 0.6) is 0 Å². The molecule has 0 radical (unpaired) electrons. The van der Waals surface area contributed by atoms with E-state index in [2.05, 4.69) is 11.1 Å². The van der Waals surface area contributed by atoms with Gasteiger partial charge in [0.2, 0.25) is 0 Å². The number of H-pyrrole nitrogens is 1. The molecule has 3 rings (SSSR count). The van der Waals surface area contributed by atoms with Crippen LogP contribution in [0.15, 0.2) is 12.1 Å². The number of ether oxygens (including phenoxy) is 1. The van der Waals surface area contributed by atoms with Crippen molar-refractivity contribution in [3.63, 3.8) is 0 Å². The van der Waals surface area contributed by atoms with E-state index in [9.17, 15) is 14.4 Å². The van der Waals surface area contributed by atoms with Gasteiger partial charge in [-0.2, -0.15) is 10.1 Å². The van der Waals surface area contributed by atoms with E-state index in [1.165, 1.54) is 6.07 Å². The van der Waals surface area contributed by atoms with Crippen LogP contribution >= 0.6 is 0 Å². The third-order valence-corrected chi connectivity index (χ3v) is 4.90. The van der Waals surface area contributed by atoms with Gasteiger partial charge in [-0.05, 0) is 51.8 Å². The minimum absolute atomic E-state index is 0.0136. The Balaban J connectivity index is 1.90. The summed E-state index contributed by atoms with van der Waals surface area (Å²) < 4.78 is 20.3. The van der Waals surface area contributed by atoms with E-state index in [0.29, 0.717) is 29.5 Å². The smallest absolute Gasteiger partial charge is 0.414 e. The molecule has 3 N–H and O–H groups in total. The molecule has 0 fully saturated rings. The minimum Gasteiger partial charge on any atom is -0.414 e. The van der Waals surface area contributed by atoms with Crippen molar-refractivity contribution in [3.05, 3.63) is 40.3 Å². The summed E-state index contributed by atoms with van der Waals surface area (Å²) in [6.45, 7) is 9.34. The molecule has 0 spiro atoms. The number of halogens is 1. The molecule has 0 aliphatic heterocycles. The predicted octanol–water partition coefficient (Wildman–Crippen LogP) is 3.84. The number of carbonyl (C=O) groups excluding carboxylic acids is 1. The number of nitrogens with zero attached hydrogens (tertiary/aromatic N) is 1. The molecule has 27 heavy (non-hydrogen) atoms. The van der Waals surface area contributed by atoms with Gasteiger partial charge in [0.25, 0.3) is 0 Å². The lowest BCUT2D eigenvalue weighted by Crippen LogP contribution is -2.93. The van der Waals surface area contributed by atoms with Gasteiger partial charge in [0.15, 0.2) is 0 Å². The largest absolute Gasteiger partial charge is 0.513 e. The molecule has 2 aromatic rings. The van der Waals surface area contributed by atoms with Crippen LogP contribution in [0.4, 0.5) is 9.18 Å². The molecular weight excluding hydrogens is 345 g/mol. The highest BCUT2D eigenvalue weighted by Crippen LogP contribution is 2.37. The lowest BCUT2D eigenvalue weighted by Gasteiger charge is -2.18. The van der Waals surface area contributed by atoms with Gasteiger partial charge in [-0.25, -0.2) is 9.71 Å². The maximum Gasteiger partial charge on any atom is 0.513 e. The van der Waals surface area contributed by atoms with E-state index >= 15 is 0 Å². The summed E-state index contributed by atoms with van der Waals surface area (Å²) in [7, 11) is 0. The number of hydrogen-bond donors (Lipinski definition) is 2. The van der Waals surface area contributed by atoms with Gasteiger partial charge in [0.05, 0.1) is 11.1 Å². The van der Waals surface area contributed by atoms with E-state index in [1.54, 1.807) is 5.32 Å². The third-order valence-electron chi connectivity index (χ3n) is 4.90. The number of amides is 1. The van der Waals surface area contributed by atoms with Crippen LogP contribution in [0.25, 0.3) is 16.5 Å². The molecule has 1 unspecified atom stereocenters. The number of benzene rings is 1. The molecule has 1 aliphatic carbocycles. The second-order valence-corrected chi connectivity index (χ2v) is 8.15. The van der Waals surface area contributed by atoms with Crippen molar-refractivity contribution in [1.29, 1.82) is 5.26 Å². The molecule has 5 nitrogen and oxygen atoms in total. The molecule has 1 aliphatic rings. The number of rotatable bonds is 2. The van der Waals surface area contributed by atoms with E-state index in [-0.39, 0.29) is 12.1 Å². The highest BCUT2D eigenvalue weighted by Gasteiger charge is 2.30. The molecule has 1 atom stereocenters. The highest BCUT2D eigenvalue weighted by atomic mass is 19.1. The fraction of sp³-hybridized carbons (Fsp3) is 0.429. The Morgan fingerprint density at radius 3 is 2.74 bits per heavy atom. The molecule has 0 saturated heterocycles. The van der Waals surface area contributed by atoms with Crippen LogP contribution in [0, 0.1) is 31.0 Å². The first-order chi connectivity index (χ1) is 12.6. The van der Waals surface area contributed by atoms with Crippen molar-refractivity contribution in [2.24, 2.45) is 0 Å². The maximum absolute atomic E-state index is 14.9. The topological polar surface area (TPSA) is 82.5 Å². The summed E-state index contributed by atoms with van der Waals surface area (Å²) in [5, 5.41) is 11.7. The first kappa shape index (κ1) is 19.1. The average Bonchev–Trinajstić information content (AvgIpc) is 3.11. The zero-order valence-corrected chi connectivity index (χ0v) is 16.4. The van der Waals surface area contributed by atoms with Gasteiger partial charge in [-0.1, -0.05) is 6.08 Å². The van der Waals surface area contributed by atoms with Gasteiger partial charge in [0.1, 0.15) is 23.5 Å². The van der Waals surface area contributed by atoms with Crippen LogP contribution in [0.2, 0.25) is 0 Å². The van der Waals surface area contributed by atoms with Crippen molar-refractivity contribution < 1.29 is 19.2 Å². The second kappa shape index (κ2) is 6.82. The van der Waals surface area contributed by atoms with Crippen LogP contribution < -0.4 is 5.32 Å². The summed E-state index contributed by atoms with van der Waals surface area (Å²) in [4.78, 5) is 15.3. The van der Waals surface area contributed by atoms with Crippen molar-refractivity contribution in [3.8, 4) is 6.07 Å². The highest BCUT2D eigenvalue weighted by molar-refractivity contribution is 5.99. The number of aromatic amines is 1. The van der Waals surface area contributed by atoms with Crippen molar-refractivity contribution in [1.82, 2.24) is 4.98 Å². The summed E-state index contributed by atoms with van der Waals surface area (Å²) in [6, 6.07) is 3.34. The number of primary amides is 1. The Labute approximate surface area is 158 Å². The molecule has 1 amide bonds. The van der Waals surface area contributed by atoms with Gasteiger partial charge in [-0.15, -0.1) is 0 Å². The first-order valence-corrected chi connectivity index (χ1v) is 9.09. The number of nitrogens with one attached hydrogen (secondary N) is 1. The summed E-state index contributed by atoms with van der Waals surface area (Å²) in [5.74, 6) is -0.398. The van der Waals surface area contributed by atoms with E-state index in [1.807, 2.05) is 40.7 Å². The monoisotopic (exact) mass is 370 g/mol. The quantitative estimate of drug-likeness (QED) is 0.842. The zero-order chi connectivity index (χ0) is 19.9. The maximum atomic E-state index is 14.9. The van der Waals surface area contributed by atoms with E-state index < -0.39 is 11.4 Å². The number of nitrogens with two attached hydrogens (primary N) is 1. The number of quaternary nitrogens is 1. The molecule has 1 heterocycles. The average molecular weight is 370 g/mol. The van der Waals surface area contributed by atoms with Crippen molar-refractivity contribution >= 4 is 22.6 Å². The van der Waals surface area contributed by atoms with Crippen LogP contribution in [0.1, 0.15) is 56.0 Å². The van der Waals surface area contributed by atoms with Gasteiger partial charge in [0, 0.05) is 29.5 Å². The Hall–Kier alpha value is -2.65. The molecular formula is C21H25FN3O2+. The summed E-state index contributed by atoms with van der Waals surface area (Å²) in [5.41, 5.74) is 3.70. The Morgan fingerprint density at radius 1 is 1.41 bits per heavy atom. The number of fused-ring (bicyclic) bond motifs is 1. The molecule has 1 aromatic heterocycles. The number of carbonyl (C=O) groups is 1. The molecule has 0 saturated carbocycles. The molecule has 142 valence electrons. The van der Waals surface area contributed by atoms with E-state index in [4.69, 9.17) is 4.74 Å². The molecule has 6 heteroatoms. The number of aromatic nitrogens is 1. The van der Waals surface area contributed by atoms with Crippen molar-refractivity contribution in [2.45, 2.75) is 59.1 Å². The van der Waals surface area contributed by atoms with Gasteiger partial charge in [-0.3, -0.25) is 0 Å². The number of aryl methyl sites for hydroxylation is 2. The Kier molecular flexibility index (Phi) is 4.83. The fourth-order valence-electron chi connectivity index (χ4n) is 3.63. The lowest BCUT2D eigenvalue weighted by atomic mass is 9.95. The third kappa shape index (κ3) is 3.74. The minimum atomic E-state index is -0.534. The number of nitriles is 1. The van der Waals surface area contributed by atoms with Crippen LogP contribution in [-0.4, -0.2) is 22.7 Å². The second-order valence-electron chi connectivity index (χ2n) is 8.15. The first-order valence-electron chi connectivity index (χ1n) is 9.09. The normalized spacial score (nSPS) is 17.1. The fourth-order valence-corrected chi connectivity index (χ4v) is 3.63. The van der Waals surface area contributed by atoms with Crippen LogP contribution in [0.3, 0.4) is 0 Å².